The minimum atomic E-state index is 0.0773. The highest BCUT2D eigenvalue weighted by atomic mass is 16.2. The van der Waals surface area contributed by atoms with Gasteiger partial charge in [-0.15, -0.1) is 0 Å². The molecular weight excluding hydrogens is 204 g/mol. The summed E-state index contributed by atoms with van der Waals surface area (Å²) in [4.78, 5) is 15.4. The van der Waals surface area contributed by atoms with Crippen molar-refractivity contribution in [2.75, 3.05) is 20.6 Å². The Hall–Kier alpha value is -1.52. The minimum absolute atomic E-state index is 0.0773. The van der Waals surface area contributed by atoms with E-state index in [2.05, 4.69) is 10.2 Å². The van der Waals surface area contributed by atoms with Gasteiger partial charge in [-0.05, 0) is 19.8 Å². The maximum Gasteiger partial charge on any atom is 0.319 e. The van der Waals surface area contributed by atoms with Crippen molar-refractivity contribution in [2.24, 2.45) is 0 Å². The number of rotatable bonds is 0. The van der Waals surface area contributed by atoms with Gasteiger partial charge in [-0.2, -0.15) is 5.10 Å². The third-order valence-electron chi connectivity index (χ3n) is 3.02. The van der Waals surface area contributed by atoms with E-state index < -0.39 is 0 Å². The Kier molecular flexibility index (Phi) is 2.85. The van der Waals surface area contributed by atoms with Crippen molar-refractivity contribution in [3.8, 4) is 0 Å². The van der Waals surface area contributed by atoms with Crippen LogP contribution in [0.3, 0.4) is 0 Å². The predicted octanol–water partition coefficient (Wildman–Crippen LogP) is 1.15. The minimum Gasteiger partial charge on any atom is -0.331 e. The molecule has 0 saturated heterocycles. The molecule has 0 unspecified atom stereocenters. The number of aromatic amines is 1. The van der Waals surface area contributed by atoms with Gasteiger partial charge >= 0.3 is 6.03 Å². The molecule has 0 bridgehead atoms. The molecule has 1 aromatic rings. The zero-order valence-electron chi connectivity index (χ0n) is 10.1. The van der Waals surface area contributed by atoms with Crippen molar-refractivity contribution >= 4 is 6.03 Å². The van der Waals surface area contributed by atoms with Crippen LogP contribution in [0.1, 0.15) is 23.4 Å². The van der Waals surface area contributed by atoms with Gasteiger partial charge in [-0.3, -0.25) is 5.10 Å². The van der Waals surface area contributed by atoms with Crippen molar-refractivity contribution in [3.05, 3.63) is 17.0 Å². The first kappa shape index (κ1) is 11.0. The zero-order chi connectivity index (χ0) is 11.7. The van der Waals surface area contributed by atoms with E-state index in [4.69, 9.17) is 0 Å². The Morgan fingerprint density at radius 2 is 2.25 bits per heavy atom. The van der Waals surface area contributed by atoms with Gasteiger partial charge in [-0.25, -0.2) is 4.79 Å². The highest BCUT2D eigenvalue weighted by Gasteiger charge is 2.22. The van der Waals surface area contributed by atoms with Crippen LogP contribution in [0, 0.1) is 6.92 Å². The van der Waals surface area contributed by atoms with E-state index in [-0.39, 0.29) is 6.03 Å². The number of carbonyl (C=O) groups is 1. The number of amides is 2. The molecular formula is C11H18N4O. The Balaban J connectivity index is 2.22. The lowest BCUT2D eigenvalue weighted by Gasteiger charge is -2.24. The molecule has 2 amide bonds. The normalized spacial score (nSPS) is 15.6. The topological polar surface area (TPSA) is 52.2 Å². The third kappa shape index (κ3) is 1.89. The van der Waals surface area contributed by atoms with E-state index in [1.54, 1.807) is 19.0 Å². The van der Waals surface area contributed by atoms with E-state index in [0.29, 0.717) is 6.54 Å². The maximum absolute atomic E-state index is 11.9. The molecule has 0 radical (unpaired) electrons. The van der Waals surface area contributed by atoms with Crippen LogP contribution < -0.4 is 0 Å². The third-order valence-corrected chi connectivity index (χ3v) is 3.02. The SMILES string of the molecule is Cc1n[nH]c2c1CN(C(=O)N(C)C)CCC2. The summed E-state index contributed by atoms with van der Waals surface area (Å²) < 4.78 is 0. The molecule has 0 aliphatic carbocycles. The van der Waals surface area contributed by atoms with Gasteiger partial charge in [0.15, 0.2) is 0 Å². The average molecular weight is 222 g/mol. The second-order valence-electron chi connectivity index (χ2n) is 4.47. The number of H-pyrrole nitrogens is 1. The molecule has 5 nitrogen and oxygen atoms in total. The summed E-state index contributed by atoms with van der Waals surface area (Å²) >= 11 is 0. The molecule has 1 aromatic heterocycles. The fourth-order valence-corrected chi connectivity index (χ4v) is 2.08. The van der Waals surface area contributed by atoms with Crippen molar-refractivity contribution in [3.63, 3.8) is 0 Å². The summed E-state index contributed by atoms with van der Waals surface area (Å²) in [6, 6.07) is 0.0773. The van der Waals surface area contributed by atoms with Crippen molar-refractivity contribution < 1.29 is 4.79 Å². The van der Waals surface area contributed by atoms with Crippen LogP contribution in [0.15, 0.2) is 0 Å². The number of urea groups is 1. The number of fused-ring (bicyclic) bond motifs is 1. The number of aromatic nitrogens is 2. The fourth-order valence-electron chi connectivity index (χ4n) is 2.08. The number of aryl methyl sites for hydroxylation is 2. The number of hydrogen-bond acceptors (Lipinski definition) is 2. The second kappa shape index (κ2) is 4.15. The van der Waals surface area contributed by atoms with Crippen LogP contribution in [0.25, 0.3) is 0 Å². The summed E-state index contributed by atoms with van der Waals surface area (Å²) in [6.07, 6.45) is 1.97. The molecule has 0 fully saturated rings. The van der Waals surface area contributed by atoms with Crippen LogP contribution in [0.4, 0.5) is 4.79 Å². The molecule has 0 aromatic carbocycles. The molecule has 2 heterocycles. The van der Waals surface area contributed by atoms with E-state index in [1.807, 2.05) is 11.8 Å². The molecule has 88 valence electrons. The van der Waals surface area contributed by atoms with Crippen molar-refractivity contribution in [2.45, 2.75) is 26.3 Å². The van der Waals surface area contributed by atoms with Crippen LogP contribution in [-0.2, 0) is 13.0 Å². The first-order chi connectivity index (χ1) is 7.59. The highest BCUT2D eigenvalue weighted by Crippen LogP contribution is 2.19. The average Bonchev–Trinajstić information content (AvgIpc) is 2.50. The zero-order valence-corrected chi connectivity index (χ0v) is 10.1. The fraction of sp³-hybridized carbons (Fsp3) is 0.636. The van der Waals surface area contributed by atoms with Crippen molar-refractivity contribution in [1.82, 2.24) is 20.0 Å². The number of carbonyl (C=O) groups excluding carboxylic acids is 1. The van der Waals surface area contributed by atoms with Gasteiger partial charge in [-0.1, -0.05) is 0 Å². The van der Waals surface area contributed by atoms with E-state index in [0.717, 1.165) is 25.1 Å². The van der Waals surface area contributed by atoms with Crippen LogP contribution in [0.5, 0.6) is 0 Å². The summed E-state index contributed by atoms with van der Waals surface area (Å²) in [5.74, 6) is 0. The molecule has 16 heavy (non-hydrogen) atoms. The lowest BCUT2D eigenvalue weighted by Crippen LogP contribution is -2.38. The Morgan fingerprint density at radius 3 is 2.94 bits per heavy atom. The standard InChI is InChI=1S/C11H18N4O/c1-8-9-7-15(11(16)14(2)3)6-4-5-10(9)13-12-8/h4-7H2,1-3H3,(H,12,13). The van der Waals surface area contributed by atoms with Crippen LogP contribution in [0.2, 0.25) is 0 Å². The summed E-state index contributed by atoms with van der Waals surface area (Å²) in [7, 11) is 3.58. The van der Waals surface area contributed by atoms with E-state index in [9.17, 15) is 4.79 Å². The van der Waals surface area contributed by atoms with Crippen LogP contribution >= 0.6 is 0 Å². The molecule has 1 N–H and O–H groups in total. The van der Waals surface area contributed by atoms with Gasteiger partial charge in [0.1, 0.15) is 0 Å². The lowest BCUT2D eigenvalue weighted by atomic mass is 10.1. The number of nitrogens with one attached hydrogen (secondary N) is 1. The van der Waals surface area contributed by atoms with Gasteiger partial charge in [0.2, 0.25) is 0 Å². The molecule has 1 aliphatic rings. The predicted molar refractivity (Wildman–Crippen MR) is 61.1 cm³/mol. The first-order valence-electron chi connectivity index (χ1n) is 5.58. The van der Waals surface area contributed by atoms with Crippen molar-refractivity contribution in [1.29, 1.82) is 0 Å². The quantitative estimate of drug-likeness (QED) is 0.716. The Morgan fingerprint density at radius 1 is 1.50 bits per heavy atom. The molecule has 2 rings (SSSR count). The molecule has 1 aliphatic heterocycles. The lowest BCUT2D eigenvalue weighted by molar-refractivity contribution is 0.169. The summed E-state index contributed by atoms with van der Waals surface area (Å²) in [5, 5.41) is 7.25. The molecule has 0 atom stereocenters. The van der Waals surface area contributed by atoms with Gasteiger partial charge in [0.25, 0.3) is 0 Å². The first-order valence-corrected chi connectivity index (χ1v) is 5.58. The monoisotopic (exact) mass is 222 g/mol. The van der Waals surface area contributed by atoms with Crippen LogP contribution in [-0.4, -0.2) is 46.7 Å². The maximum atomic E-state index is 11.9. The molecule has 0 spiro atoms. The van der Waals surface area contributed by atoms with Gasteiger partial charge < -0.3 is 9.80 Å². The van der Waals surface area contributed by atoms with E-state index >= 15 is 0 Å². The second-order valence-corrected chi connectivity index (χ2v) is 4.47. The smallest absolute Gasteiger partial charge is 0.319 e. The largest absolute Gasteiger partial charge is 0.331 e. The number of hydrogen-bond donors (Lipinski definition) is 1. The van der Waals surface area contributed by atoms with Gasteiger partial charge in [0.05, 0.1) is 12.2 Å². The van der Waals surface area contributed by atoms with Gasteiger partial charge in [0, 0.05) is 31.9 Å². The summed E-state index contributed by atoms with van der Waals surface area (Å²) in [6.45, 7) is 3.48. The Bertz CT molecular complexity index is 397. The number of nitrogens with zero attached hydrogens (tertiary/aromatic N) is 3. The van der Waals surface area contributed by atoms with E-state index in [1.165, 1.54) is 11.3 Å². The summed E-state index contributed by atoms with van der Waals surface area (Å²) in [5.41, 5.74) is 3.38. The molecule has 5 heteroatoms. The molecule has 0 saturated carbocycles. The highest BCUT2D eigenvalue weighted by molar-refractivity contribution is 5.74. The Labute approximate surface area is 95.4 Å².